The summed E-state index contributed by atoms with van der Waals surface area (Å²) in [5.41, 5.74) is 0.722. The van der Waals surface area contributed by atoms with Crippen LogP contribution in [0, 0.1) is 5.41 Å². The second-order valence-electron chi connectivity index (χ2n) is 3.69. The summed E-state index contributed by atoms with van der Waals surface area (Å²) in [6.45, 7) is 7.61. The zero-order chi connectivity index (χ0) is 14.1. The third-order valence-electron chi connectivity index (χ3n) is 2.14. The molecule has 0 fully saturated rings. The molecule has 0 aliphatic carbocycles. The molecule has 0 unspecified atom stereocenters. The summed E-state index contributed by atoms with van der Waals surface area (Å²) >= 11 is 0. The minimum absolute atomic E-state index is 0.0777. The van der Waals surface area contributed by atoms with E-state index in [-0.39, 0.29) is 5.90 Å². The van der Waals surface area contributed by atoms with Crippen LogP contribution in [0.1, 0.15) is 0 Å². The van der Waals surface area contributed by atoms with Gasteiger partial charge in [-0.05, 0) is 23.8 Å². The number of hydrogen-bond acceptors (Lipinski definition) is 3. The van der Waals surface area contributed by atoms with Crippen molar-refractivity contribution in [2.45, 2.75) is 0 Å². The fraction of sp³-hybridized carbons (Fsp3) is 0.0625. The highest BCUT2D eigenvalue weighted by atomic mass is 16.5. The maximum Gasteiger partial charge on any atom is 0.205 e. The molecule has 0 bridgehead atoms. The SMILES string of the molecule is C=C(/C=C\C(=C)Oc1ccccc1)/C=C/C(=N)OC. The maximum atomic E-state index is 7.28. The average Bonchev–Trinajstić information content (AvgIpc) is 2.43. The predicted molar refractivity (Wildman–Crippen MR) is 78.4 cm³/mol. The lowest BCUT2D eigenvalue weighted by molar-refractivity contribution is 0.403. The summed E-state index contributed by atoms with van der Waals surface area (Å²) in [6, 6.07) is 9.42. The number of ether oxygens (including phenoxy) is 2. The van der Waals surface area contributed by atoms with Crippen molar-refractivity contribution in [3.05, 3.63) is 79.1 Å². The first kappa shape index (κ1) is 14.5. The van der Waals surface area contributed by atoms with Crippen LogP contribution in [0.15, 0.2) is 79.1 Å². The molecule has 0 aliphatic heterocycles. The van der Waals surface area contributed by atoms with Crippen LogP contribution in [0.5, 0.6) is 5.75 Å². The van der Waals surface area contributed by atoms with E-state index in [1.807, 2.05) is 30.3 Å². The molecule has 1 aromatic rings. The Morgan fingerprint density at radius 1 is 1.05 bits per heavy atom. The fourth-order valence-corrected chi connectivity index (χ4v) is 1.18. The Labute approximate surface area is 113 Å². The van der Waals surface area contributed by atoms with Gasteiger partial charge < -0.3 is 9.47 Å². The van der Waals surface area contributed by atoms with E-state index in [1.165, 1.54) is 13.2 Å². The van der Waals surface area contributed by atoms with E-state index >= 15 is 0 Å². The topological polar surface area (TPSA) is 42.3 Å². The number of hydrogen-bond donors (Lipinski definition) is 1. The highest BCUT2D eigenvalue weighted by Crippen LogP contribution is 2.12. The third kappa shape index (κ3) is 6.07. The smallest absolute Gasteiger partial charge is 0.205 e. The molecule has 0 saturated heterocycles. The summed E-state index contributed by atoms with van der Waals surface area (Å²) in [5.74, 6) is 1.33. The average molecular weight is 255 g/mol. The minimum atomic E-state index is 0.0777. The molecule has 3 nitrogen and oxygen atoms in total. The molecule has 1 N–H and O–H groups in total. The first-order valence-electron chi connectivity index (χ1n) is 5.71. The Morgan fingerprint density at radius 3 is 2.32 bits per heavy atom. The van der Waals surface area contributed by atoms with E-state index in [0.717, 1.165) is 11.3 Å². The predicted octanol–water partition coefficient (Wildman–Crippen LogP) is 3.87. The van der Waals surface area contributed by atoms with Gasteiger partial charge in [-0.2, -0.15) is 0 Å². The lowest BCUT2D eigenvalue weighted by Gasteiger charge is -2.04. The molecular weight excluding hydrogens is 238 g/mol. The van der Waals surface area contributed by atoms with Crippen LogP contribution in [-0.2, 0) is 4.74 Å². The van der Waals surface area contributed by atoms with Gasteiger partial charge >= 0.3 is 0 Å². The van der Waals surface area contributed by atoms with E-state index in [4.69, 9.17) is 14.9 Å². The standard InChI is InChI=1S/C16H17NO2/c1-13(10-12-16(17)18-3)9-11-14(2)19-15-7-5-4-6-8-15/h4-12,17H,1-2H2,3H3/b11-9-,12-10+,17-16?. The zero-order valence-corrected chi connectivity index (χ0v) is 10.9. The van der Waals surface area contributed by atoms with Crippen LogP contribution in [-0.4, -0.2) is 13.0 Å². The van der Waals surface area contributed by atoms with Gasteiger partial charge in [0, 0.05) is 6.08 Å². The number of para-hydroxylation sites is 1. The molecule has 0 heterocycles. The first-order chi connectivity index (χ1) is 9.11. The van der Waals surface area contributed by atoms with Crippen molar-refractivity contribution < 1.29 is 9.47 Å². The fourth-order valence-electron chi connectivity index (χ4n) is 1.18. The van der Waals surface area contributed by atoms with Crippen molar-refractivity contribution in [3.8, 4) is 5.75 Å². The van der Waals surface area contributed by atoms with Gasteiger partial charge in [-0.25, -0.2) is 0 Å². The van der Waals surface area contributed by atoms with Gasteiger partial charge in [-0.3, -0.25) is 5.41 Å². The van der Waals surface area contributed by atoms with Gasteiger partial charge in [0.05, 0.1) is 7.11 Å². The highest BCUT2D eigenvalue weighted by Gasteiger charge is 1.93. The van der Waals surface area contributed by atoms with Crippen molar-refractivity contribution >= 4 is 5.90 Å². The van der Waals surface area contributed by atoms with E-state index < -0.39 is 0 Å². The molecule has 0 aliphatic rings. The number of allylic oxidation sites excluding steroid dienone is 4. The minimum Gasteiger partial charge on any atom is -0.481 e. The van der Waals surface area contributed by atoms with Gasteiger partial charge in [0.2, 0.25) is 5.90 Å². The van der Waals surface area contributed by atoms with Crippen LogP contribution < -0.4 is 4.74 Å². The second kappa shape index (κ2) is 7.71. The molecule has 1 aromatic carbocycles. The summed E-state index contributed by atoms with van der Waals surface area (Å²) < 4.78 is 10.2. The number of benzene rings is 1. The van der Waals surface area contributed by atoms with Crippen molar-refractivity contribution in [2.24, 2.45) is 0 Å². The number of rotatable bonds is 6. The van der Waals surface area contributed by atoms with Gasteiger partial charge in [-0.1, -0.05) is 43.5 Å². The molecule has 0 amide bonds. The van der Waals surface area contributed by atoms with E-state index in [2.05, 4.69) is 13.2 Å². The quantitative estimate of drug-likeness (QED) is 0.363. The van der Waals surface area contributed by atoms with Gasteiger partial charge in [0.15, 0.2) is 0 Å². The van der Waals surface area contributed by atoms with E-state index in [9.17, 15) is 0 Å². The van der Waals surface area contributed by atoms with E-state index in [1.54, 1.807) is 18.2 Å². The number of nitrogens with one attached hydrogen (secondary N) is 1. The summed E-state index contributed by atoms with van der Waals surface area (Å²) in [4.78, 5) is 0. The molecule has 0 aromatic heterocycles. The summed E-state index contributed by atoms with van der Waals surface area (Å²) in [6.07, 6.45) is 6.67. The molecule has 19 heavy (non-hydrogen) atoms. The van der Waals surface area contributed by atoms with Crippen molar-refractivity contribution in [1.82, 2.24) is 0 Å². The maximum absolute atomic E-state index is 7.28. The zero-order valence-electron chi connectivity index (χ0n) is 10.9. The largest absolute Gasteiger partial charge is 0.481 e. The summed E-state index contributed by atoms with van der Waals surface area (Å²) in [7, 11) is 1.45. The lowest BCUT2D eigenvalue weighted by atomic mass is 10.2. The van der Waals surface area contributed by atoms with Crippen LogP contribution in [0.3, 0.4) is 0 Å². The second-order valence-corrected chi connectivity index (χ2v) is 3.69. The van der Waals surface area contributed by atoms with Gasteiger partial charge in [0.1, 0.15) is 11.5 Å². The molecule has 98 valence electrons. The van der Waals surface area contributed by atoms with Crippen molar-refractivity contribution in [1.29, 1.82) is 5.41 Å². The number of methoxy groups -OCH3 is 1. The molecule has 3 heteroatoms. The Kier molecular flexibility index (Phi) is 5.89. The normalized spacial score (nSPS) is 10.6. The molecule has 1 rings (SSSR count). The molecule has 0 saturated carbocycles. The molecule has 0 spiro atoms. The molecular formula is C16H17NO2. The Hall–Kier alpha value is -2.55. The summed E-state index contributed by atoms with van der Waals surface area (Å²) in [5, 5.41) is 7.28. The van der Waals surface area contributed by atoms with Crippen LogP contribution in [0.2, 0.25) is 0 Å². The highest BCUT2D eigenvalue weighted by molar-refractivity contribution is 5.85. The van der Waals surface area contributed by atoms with E-state index in [0.29, 0.717) is 5.76 Å². The third-order valence-corrected chi connectivity index (χ3v) is 2.14. The van der Waals surface area contributed by atoms with Crippen LogP contribution in [0.4, 0.5) is 0 Å². The van der Waals surface area contributed by atoms with Gasteiger partial charge in [0.25, 0.3) is 0 Å². The Bertz CT molecular complexity index is 513. The van der Waals surface area contributed by atoms with Crippen molar-refractivity contribution in [2.75, 3.05) is 7.11 Å². The van der Waals surface area contributed by atoms with Gasteiger partial charge in [-0.15, -0.1) is 0 Å². The Morgan fingerprint density at radius 2 is 1.68 bits per heavy atom. The van der Waals surface area contributed by atoms with Crippen LogP contribution in [0.25, 0.3) is 0 Å². The lowest BCUT2D eigenvalue weighted by Crippen LogP contribution is -1.92. The van der Waals surface area contributed by atoms with Crippen molar-refractivity contribution in [3.63, 3.8) is 0 Å². The Balaban J connectivity index is 2.48. The first-order valence-corrected chi connectivity index (χ1v) is 5.71. The monoisotopic (exact) mass is 255 g/mol. The molecule has 0 radical (unpaired) electrons. The van der Waals surface area contributed by atoms with Crippen LogP contribution >= 0.6 is 0 Å². The molecule has 0 atom stereocenters.